The Balaban J connectivity index is 2.17. The number of para-hydroxylation sites is 1. The van der Waals surface area contributed by atoms with Crippen molar-refractivity contribution in [2.75, 3.05) is 0 Å². The van der Waals surface area contributed by atoms with Crippen molar-refractivity contribution in [1.82, 2.24) is 9.38 Å². The lowest BCUT2D eigenvalue weighted by Crippen LogP contribution is -2.13. The summed E-state index contributed by atoms with van der Waals surface area (Å²) in [5, 5.41) is 14.6. The Kier molecular flexibility index (Phi) is 2.62. The van der Waals surface area contributed by atoms with Crippen LogP contribution < -0.4 is 5.56 Å². The van der Waals surface area contributed by atoms with E-state index >= 15 is 0 Å². The number of rotatable bonds is 1. The van der Waals surface area contributed by atoms with Crippen LogP contribution in [-0.4, -0.2) is 14.3 Å². The maximum atomic E-state index is 13.1. The molecule has 0 aliphatic rings. The first-order chi connectivity index (χ1) is 12.1. The van der Waals surface area contributed by atoms with Gasteiger partial charge in [0.1, 0.15) is 5.65 Å². The van der Waals surface area contributed by atoms with E-state index in [0.29, 0.717) is 21.6 Å². The molecule has 0 fully saturated rings. The van der Waals surface area contributed by atoms with Crippen molar-refractivity contribution in [3.63, 3.8) is 0 Å². The zero-order valence-electron chi connectivity index (χ0n) is 12.6. The quantitative estimate of drug-likeness (QED) is 0.336. The van der Waals surface area contributed by atoms with Crippen LogP contribution in [0.1, 0.15) is 0 Å². The van der Waals surface area contributed by atoms with Gasteiger partial charge in [0, 0.05) is 32.6 Å². The molecule has 0 N–H and O–H groups in total. The molecule has 2 heterocycles. The molecule has 0 radical (unpaired) electrons. The van der Waals surface area contributed by atoms with Crippen molar-refractivity contribution in [1.29, 1.82) is 0 Å². The molecule has 5 rings (SSSR count). The summed E-state index contributed by atoms with van der Waals surface area (Å²) in [5.41, 5.74) is 0.632. The molecule has 0 saturated carbocycles. The lowest BCUT2D eigenvalue weighted by Gasteiger charge is -2.08. The van der Waals surface area contributed by atoms with Crippen molar-refractivity contribution in [3.8, 4) is 0 Å². The van der Waals surface area contributed by atoms with E-state index in [0.717, 1.165) is 16.2 Å². The summed E-state index contributed by atoms with van der Waals surface area (Å²) >= 11 is 6.27. The molecule has 0 aliphatic heterocycles. The fourth-order valence-corrected chi connectivity index (χ4v) is 3.69. The van der Waals surface area contributed by atoms with Crippen LogP contribution in [-0.2, 0) is 0 Å². The number of fused-ring (bicyclic) bond motifs is 4. The number of benzene rings is 3. The summed E-state index contributed by atoms with van der Waals surface area (Å²) in [6.45, 7) is 0. The van der Waals surface area contributed by atoms with E-state index in [9.17, 15) is 14.9 Å². The van der Waals surface area contributed by atoms with Gasteiger partial charge >= 0.3 is 0 Å². The number of hydrogen-bond donors (Lipinski definition) is 0. The molecule has 0 bridgehead atoms. The number of hydrogen-bond acceptors (Lipinski definition) is 4. The van der Waals surface area contributed by atoms with Crippen LogP contribution in [0.4, 0.5) is 5.69 Å². The molecule has 2 aromatic heterocycles. The molecule has 0 amide bonds. The second-order valence-corrected chi connectivity index (χ2v) is 6.21. The smallest absolute Gasteiger partial charge is 0.268 e. The Morgan fingerprint density at radius 2 is 1.76 bits per heavy atom. The number of nitro benzene ring substituents is 1. The van der Waals surface area contributed by atoms with E-state index in [4.69, 9.17) is 11.6 Å². The van der Waals surface area contributed by atoms with Crippen molar-refractivity contribution < 1.29 is 4.92 Å². The molecule has 0 atom stereocenters. The highest BCUT2D eigenvalue weighted by molar-refractivity contribution is 6.37. The van der Waals surface area contributed by atoms with Crippen LogP contribution in [0.25, 0.3) is 38.2 Å². The second-order valence-electron chi connectivity index (χ2n) is 5.80. The fraction of sp³-hybridized carbons (Fsp3) is 0. The monoisotopic (exact) mass is 349 g/mol. The maximum absolute atomic E-state index is 13.1. The van der Waals surface area contributed by atoms with Crippen molar-refractivity contribution >= 4 is 55.5 Å². The first kappa shape index (κ1) is 14.1. The minimum Gasteiger partial charge on any atom is -0.268 e. The molecule has 0 saturated heterocycles. The zero-order chi connectivity index (χ0) is 17.3. The molecule has 3 aromatic carbocycles. The second kappa shape index (κ2) is 4.64. The van der Waals surface area contributed by atoms with E-state index in [1.807, 2.05) is 6.07 Å². The van der Waals surface area contributed by atoms with Gasteiger partial charge in [-0.15, -0.1) is 0 Å². The molecule has 120 valence electrons. The normalized spacial score (nSPS) is 11.9. The van der Waals surface area contributed by atoms with Crippen molar-refractivity contribution in [2.24, 2.45) is 0 Å². The van der Waals surface area contributed by atoms with Gasteiger partial charge in [0.2, 0.25) is 0 Å². The minimum atomic E-state index is -0.490. The molecule has 0 aliphatic carbocycles. The molecular formula is C18H8ClN3O3. The predicted octanol–water partition coefficient (Wildman–Crippen LogP) is 4.15. The number of halogens is 1. The van der Waals surface area contributed by atoms with Gasteiger partial charge in [0.05, 0.1) is 10.4 Å². The fourth-order valence-electron chi connectivity index (χ4n) is 3.47. The minimum absolute atomic E-state index is 0.124. The first-order valence-corrected chi connectivity index (χ1v) is 7.88. The Labute approximate surface area is 144 Å². The Bertz CT molecular complexity index is 1410. The average Bonchev–Trinajstić information content (AvgIpc) is 3.00. The summed E-state index contributed by atoms with van der Waals surface area (Å²) in [7, 11) is 0. The SMILES string of the molecule is O=c1c2cccc3c(Cl)ccc(c32)c2nc3c([N+](=O)[O-])cccc3n12. The molecule has 6 nitrogen and oxygen atoms in total. The topological polar surface area (TPSA) is 77.5 Å². The van der Waals surface area contributed by atoms with Crippen LogP contribution in [0.3, 0.4) is 0 Å². The number of nitro groups is 1. The molecule has 7 heteroatoms. The Hall–Kier alpha value is -3.25. The van der Waals surface area contributed by atoms with Gasteiger partial charge in [-0.1, -0.05) is 29.8 Å². The van der Waals surface area contributed by atoms with Gasteiger partial charge in [0.15, 0.2) is 5.52 Å². The Morgan fingerprint density at radius 1 is 1.00 bits per heavy atom. The lowest BCUT2D eigenvalue weighted by molar-refractivity contribution is -0.383. The van der Waals surface area contributed by atoms with Crippen LogP contribution in [0, 0.1) is 10.1 Å². The van der Waals surface area contributed by atoms with Gasteiger partial charge in [-0.05, 0) is 24.3 Å². The third-order valence-electron chi connectivity index (χ3n) is 4.52. The van der Waals surface area contributed by atoms with E-state index in [2.05, 4.69) is 4.98 Å². The molecular weight excluding hydrogens is 342 g/mol. The van der Waals surface area contributed by atoms with Crippen molar-refractivity contribution in [2.45, 2.75) is 0 Å². The van der Waals surface area contributed by atoms with Gasteiger partial charge < -0.3 is 0 Å². The number of pyridine rings is 1. The highest BCUT2D eigenvalue weighted by atomic mass is 35.5. The van der Waals surface area contributed by atoms with Gasteiger partial charge in [-0.3, -0.25) is 19.3 Å². The van der Waals surface area contributed by atoms with E-state index < -0.39 is 4.92 Å². The van der Waals surface area contributed by atoms with E-state index in [1.54, 1.807) is 36.4 Å². The maximum Gasteiger partial charge on any atom is 0.297 e. The number of non-ortho nitro benzene ring substituents is 1. The van der Waals surface area contributed by atoms with Gasteiger partial charge in [-0.25, -0.2) is 4.98 Å². The predicted molar refractivity (Wildman–Crippen MR) is 96.8 cm³/mol. The van der Waals surface area contributed by atoms with Crippen LogP contribution in [0.2, 0.25) is 5.02 Å². The summed E-state index contributed by atoms with van der Waals surface area (Å²) in [6.07, 6.45) is 0. The summed E-state index contributed by atoms with van der Waals surface area (Å²) in [5.74, 6) is 0. The number of aromatic nitrogens is 2. The summed E-state index contributed by atoms with van der Waals surface area (Å²) < 4.78 is 1.44. The van der Waals surface area contributed by atoms with Crippen LogP contribution in [0.15, 0.2) is 53.3 Å². The summed E-state index contributed by atoms with van der Waals surface area (Å²) in [4.78, 5) is 28.3. The van der Waals surface area contributed by atoms with Gasteiger partial charge in [0.25, 0.3) is 11.2 Å². The zero-order valence-corrected chi connectivity index (χ0v) is 13.3. The largest absolute Gasteiger partial charge is 0.297 e. The highest BCUT2D eigenvalue weighted by Crippen LogP contribution is 2.34. The van der Waals surface area contributed by atoms with E-state index in [-0.39, 0.29) is 16.8 Å². The van der Waals surface area contributed by atoms with Crippen LogP contribution >= 0.6 is 11.6 Å². The van der Waals surface area contributed by atoms with Crippen molar-refractivity contribution in [3.05, 3.63) is 74.0 Å². The van der Waals surface area contributed by atoms with Crippen LogP contribution in [0.5, 0.6) is 0 Å². The molecule has 0 unspecified atom stereocenters. The molecule has 5 aromatic rings. The molecule has 0 spiro atoms. The average molecular weight is 350 g/mol. The third kappa shape index (κ3) is 1.69. The number of imidazole rings is 1. The van der Waals surface area contributed by atoms with E-state index in [1.165, 1.54) is 10.5 Å². The third-order valence-corrected chi connectivity index (χ3v) is 4.85. The standard InChI is InChI=1S/C18H8ClN3O3/c19-12-8-7-10-15-9(12)3-1-4-11(15)18(23)21-13-5-2-6-14(22(24)25)16(13)20-17(10)21/h1-8H. The number of nitrogens with zero attached hydrogens (tertiary/aromatic N) is 3. The first-order valence-electron chi connectivity index (χ1n) is 7.50. The molecule has 25 heavy (non-hydrogen) atoms. The Morgan fingerprint density at radius 3 is 2.56 bits per heavy atom. The highest BCUT2D eigenvalue weighted by Gasteiger charge is 2.21. The lowest BCUT2D eigenvalue weighted by atomic mass is 10.0. The van der Waals surface area contributed by atoms with Gasteiger partial charge in [-0.2, -0.15) is 0 Å². The summed E-state index contributed by atoms with van der Waals surface area (Å²) in [6, 6.07) is 13.5.